The van der Waals surface area contributed by atoms with E-state index in [-0.39, 0.29) is 34.6 Å². The van der Waals surface area contributed by atoms with Crippen LogP contribution in [-0.4, -0.2) is 40.9 Å². The summed E-state index contributed by atoms with van der Waals surface area (Å²) >= 11 is 0. The Hall–Kier alpha value is -3.59. The van der Waals surface area contributed by atoms with Crippen molar-refractivity contribution in [2.75, 3.05) is 11.1 Å². The molecule has 4 rings (SSSR count). The molecule has 35 heavy (non-hydrogen) atoms. The lowest BCUT2D eigenvalue weighted by Gasteiger charge is -2.33. The topological polar surface area (TPSA) is 126 Å². The van der Waals surface area contributed by atoms with Crippen LogP contribution in [-0.2, 0) is 32.9 Å². The van der Waals surface area contributed by atoms with Gasteiger partial charge < -0.3 is 10.4 Å². The maximum atomic E-state index is 13.5. The second-order valence-electron chi connectivity index (χ2n) is 8.96. The first-order valence-corrected chi connectivity index (χ1v) is 13.0. The van der Waals surface area contributed by atoms with E-state index in [2.05, 4.69) is 15.3 Å². The smallest absolute Gasteiger partial charge is 0.229 e. The van der Waals surface area contributed by atoms with Crippen molar-refractivity contribution >= 4 is 27.3 Å². The minimum absolute atomic E-state index is 0.0160. The normalized spacial score (nSPS) is 17.6. The van der Waals surface area contributed by atoms with Gasteiger partial charge in [-0.05, 0) is 62.1 Å². The number of amides is 1. The molecule has 8 nitrogen and oxygen atoms in total. The number of hydrogen-bond donors (Lipinski definition) is 2. The van der Waals surface area contributed by atoms with E-state index in [0.29, 0.717) is 46.7 Å². The fraction of sp³-hybridized carbons (Fsp3) is 0.308. The number of anilines is 1. The highest BCUT2D eigenvalue weighted by Gasteiger charge is 2.42. The van der Waals surface area contributed by atoms with Gasteiger partial charge in [0.1, 0.15) is 5.82 Å². The number of sulfone groups is 1. The Kier molecular flexibility index (Phi) is 6.46. The molecule has 0 saturated heterocycles. The van der Waals surface area contributed by atoms with Gasteiger partial charge in [-0.1, -0.05) is 25.1 Å². The maximum absolute atomic E-state index is 13.5. The number of Topliss-reactive ketones (excluding diaryl/α,β-unsaturated/α-hetero) is 1. The molecule has 1 aromatic carbocycles. The summed E-state index contributed by atoms with van der Waals surface area (Å²) in [5, 5.41) is 12.6. The second kappa shape index (κ2) is 9.22. The predicted octanol–water partition coefficient (Wildman–Crippen LogP) is 3.55. The summed E-state index contributed by atoms with van der Waals surface area (Å²) in [6.45, 7) is 5.22. The van der Waals surface area contributed by atoms with Gasteiger partial charge in [0.05, 0.1) is 33.9 Å². The molecule has 1 atom stereocenters. The van der Waals surface area contributed by atoms with E-state index in [1.54, 1.807) is 37.3 Å². The zero-order valence-corrected chi connectivity index (χ0v) is 20.6. The van der Waals surface area contributed by atoms with Crippen LogP contribution in [0.2, 0.25) is 0 Å². The Bertz CT molecular complexity index is 1420. The highest BCUT2D eigenvalue weighted by molar-refractivity contribution is 7.91. The zero-order chi connectivity index (χ0) is 25.4. The summed E-state index contributed by atoms with van der Waals surface area (Å²) in [6, 6.07) is 12.8. The van der Waals surface area contributed by atoms with Crippen LogP contribution >= 0.6 is 0 Å². The number of ketones is 1. The monoisotopic (exact) mass is 493 g/mol. The average Bonchev–Trinajstić information content (AvgIpc) is 2.81. The molecule has 182 valence electrons. The van der Waals surface area contributed by atoms with E-state index < -0.39 is 15.3 Å². The molecule has 2 heterocycles. The highest BCUT2D eigenvalue weighted by atomic mass is 32.2. The summed E-state index contributed by atoms with van der Waals surface area (Å²) in [6.07, 6.45) is 1.06. The summed E-state index contributed by atoms with van der Waals surface area (Å²) in [5.41, 5.74) is 2.17. The van der Waals surface area contributed by atoms with Crippen molar-refractivity contribution in [3.8, 4) is 5.88 Å². The fourth-order valence-corrected chi connectivity index (χ4v) is 5.26. The molecular weight excluding hydrogens is 466 g/mol. The molecule has 1 unspecified atom stereocenters. The van der Waals surface area contributed by atoms with E-state index in [0.717, 1.165) is 0 Å². The van der Waals surface area contributed by atoms with Gasteiger partial charge in [-0.3, -0.25) is 9.59 Å². The number of carbonyl (C=O) groups is 2. The molecule has 3 aromatic rings. The first-order valence-electron chi connectivity index (χ1n) is 11.4. The minimum Gasteiger partial charge on any atom is -0.493 e. The van der Waals surface area contributed by atoms with Crippen molar-refractivity contribution in [3.05, 3.63) is 76.6 Å². The molecule has 0 fully saturated rings. The number of pyridine rings is 2. The van der Waals surface area contributed by atoms with E-state index >= 15 is 0 Å². The standard InChI is InChI=1S/C26H27N3O5S/c1-4-35(33,34)18-10-8-17(9-11-18)15-23(31)29-21-14-16(2)24-19(27-21)12-13-26(3,25(24)32)20-6-5-7-22(30)28-20/h5-11,14H,4,12-13,15H2,1-3H3,(H,28,30)(H,27,29,31). The number of aromatic hydroxyl groups is 1. The first kappa shape index (κ1) is 24.5. The lowest BCUT2D eigenvalue weighted by Crippen LogP contribution is -2.39. The maximum Gasteiger partial charge on any atom is 0.229 e. The van der Waals surface area contributed by atoms with E-state index in [9.17, 15) is 23.1 Å². The summed E-state index contributed by atoms with van der Waals surface area (Å²) < 4.78 is 23.9. The Morgan fingerprint density at radius 3 is 2.51 bits per heavy atom. The summed E-state index contributed by atoms with van der Waals surface area (Å²) in [7, 11) is -3.29. The van der Waals surface area contributed by atoms with Crippen LogP contribution < -0.4 is 5.32 Å². The number of aryl methyl sites for hydroxylation is 2. The Morgan fingerprint density at radius 2 is 1.86 bits per heavy atom. The Balaban J connectivity index is 1.51. The van der Waals surface area contributed by atoms with Gasteiger partial charge in [0.15, 0.2) is 15.6 Å². The molecule has 0 spiro atoms. The third kappa shape index (κ3) is 4.81. The van der Waals surface area contributed by atoms with Crippen molar-refractivity contribution in [2.24, 2.45) is 0 Å². The molecule has 0 radical (unpaired) electrons. The van der Waals surface area contributed by atoms with Crippen molar-refractivity contribution in [1.29, 1.82) is 0 Å². The van der Waals surface area contributed by atoms with Gasteiger partial charge in [0.2, 0.25) is 11.8 Å². The number of rotatable bonds is 6. The molecule has 2 N–H and O–H groups in total. The second-order valence-corrected chi connectivity index (χ2v) is 11.2. The molecule has 1 aliphatic rings. The van der Waals surface area contributed by atoms with Crippen LogP contribution in [0.25, 0.3) is 0 Å². The van der Waals surface area contributed by atoms with E-state index in [1.165, 1.54) is 18.2 Å². The number of aromatic nitrogens is 2. The van der Waals surface area contributed by atoms with Crippen LogP contribution in [0, 0.1) is 6.92 Å². The largest absolute Gasteiger partial charge is 0.493 e. The third-order valence-electron chi connectivity index (χ3n) is 6.48. The lowest BCUT2D eigenvalue weighted by molar-refractivity contribution is -0.115. The Labute approximate surface area is 204 Å². The van der Waals surface area contributed by atoms with Crippen LogP contribution in [0.5, 0.6) is 5.88 Å². The van der Waals surface area contributed by atoms with Crippen LogP contribution in [0.15, 0.2) is 53.4 Å². The number of nitrogens with one attached hydrogen (secondary N) is 1. The van der Waals surface area contributed by atoms with Crippen molar-refractivity contribution < 1.29 is 23.1 Å². The number of carbonyl (C=O) groups excluding carboxylic acids is 2. The fourth-order valence-electron chi connectivity index (χ4n) is 4.38. The van der Waals surface area contributed by atoms with Gasteiger partial charge in [0, 0.05) is 11.6 Å². The first-order chi connectivity index (χ1) is 16.5. The summed E-state index contributed by atoms with van der Waals surface area (Å²) in [4.78, 5) is 35.0. The van der Waals surface area contributed by atoms with Crippen molar-refractivity contribution in [2.45, 2.75) is 50.3 Å². The van der Waals surface area contributed by atoms with Crippen molar-refractivity contribution in [3.63, 3.8) is 0 Å². The van der Waals surface area contributed by atoms with Crippen LogP contribution in [0.1, 0.15) is 53.1 Å². The number of nitrogens with zero attached hydrogens (tertiary/aromatic N) is 2. The molecule has 0 aliphatic heterocycles. The number of fused-ring (bicyclic) bond motifs is 1. The molecule has 1 aliphatic carbocycles. The zero-order valence-electron chi connectivity index (χ0n) is 19.8. The summed E-state index contributed by atoms with van der Waals surface area (Å²) in [5.74, 6) is -0.150. The van der Waals surface area contributed by atoms with E-state index in [1.807, 2.05) is 13.8 Å². The molecule has 9 heteroatoms. The lowest BCUT2D eigenvalue weighted by atomic mass is 9.70. The minimum atomic E-state index is -3.29. The number of hydrogen-bond acceptors (Lipinski definition) is 7. The molecular formula is C26H27N3O5S. The van der Waals surface area contributed by atoms with Gasteiger partial charge in [0.25, 0.3) is 0 Å². The predicted molar refractivity (Wildman–Crippen MR) is 131 cm³/mol. The van der Waals surface area contributed by atoms with Gasteiger partial charge >= 0.3 is 0 Å². The van der Waals surface area contributed by atoms with Crippen LogP contribution in [0.4, 0.5) is 5.82 Å². The SMILES string of the molecule is CCS(=O)(=O)c1ccc(CC(=O)Nc2cc(C)c3c(n2)CCC(C)(c2cccc(O)n2)C3=O)cc1. The molecule has 0 saturated carbocycles. The third-order valence-corrected chi connectivity index (χ3v) is 8.23. The van der Waals surface area contributed by atoms with Crippen molar-refractivity contribution in [1.82, 2.24) is 9.97 Å². The number of benzene rings is 1. The highest BCUT2D eigenvalue weighted by Crippen LogP contribution is 2.39. The Morgan fingerprint density at radius 1 is 1.14 bits per heavy atom. The van der Waals surface area contributed by atoms with Gasteiger partial charge in [-0.15, -0.1) is 0 Å². The van der Waals surface area contributed by atoms with Gasteiger partial charge in [-0.25, -0.2) is 18.4 Å². The van der Waals surface area contributed by atoms with Crippen LogP contribution in [0.3, 0.4) is 0 Å². The quantitative estimate of drug-likeness (QED) is 0.538. The average molecular weight is 494 g/mol. The molecule has 0 bridgehead atoms. The molecule has 2 aromatic heterocycles. The van der Waals surface area contributed by atoms with Gasteiger partial charge in [-0.2, -0.15) is 0 Å². The van der Waals surface area contributed by atoms with E-state index in [4.69, 9.17) is 0 Å². The molecule has 1 amide bonds.